The summed E-state index contributed by atoms with van der Waals surface area (Å²) in [6, 6.07) is 1.98. The van der Waals surface area contributed by atoms with Crippen molar-refractivity contribution in [1.29, 1.82) is 0 Å². The first-order chi connectivity index (χ1) is 7.33. The normalized spacial score (nSPS) is 13.6. The third-order valence-electron chi connectivity index (χ3n) is 2.04. The summed E-state index contributed by atoms with van der Waals surface area (Å²) < 4.78 is 54.0. The van der Waals surface area contributed by atoms with Crippen LogP contribution in [-0.2, 0) is 0 Å². The fourth-order valence-electron chi connectivity index (χ4n) is 1.35. The summed E-state index contributed by atoms with van der Waals surface area (Å²) in [6.07, 6.45) is -5.61. The van der Waals surface area contributed by atoms with Crippen LogP contribution in [0.3, 0.4) is 0 Å². The number of hydrogen-bond donors (Lipinski definition) is 1. The molecular formula is C10H11F4NO. The monoisotopic (exact) mass is 237 g/mol. The van der Waals surface area contributed by atoms with Crippen LogP contribution in [-0.4, -0.2) is 13.3 Å². The Labute approximate surface area is 90.0 Å². The van der Waals surface area contributed by atoms with E-state index in [2.05, 4.69) is 0 Å². The largest absolute Gasteiger partial charge is 0.496 e. The first-order valence-electron chi connectivity index (χ1n) is 4.49. The van der Waals surface area contributed by atoms with Gasteiger partial charge in [0.15, 0.2) is 0 Å². The fourth-order valence-corrected chi connectivity index (χ4v) is 1.35. The van der Waals surface area contributed by atoms with Crippen LogP contribution in [0.2, 0.25) is 0 Å². The quantitative estimate of drug-likeness (QED) is 0.820. The van der Waals surface area contributed by atoms with E-state index in [1.807, 2.05) is 0 Å². The van der Waals surface area contributed by atoms with Crippen molar-refractivity contribution in [2.45, 2.75) is 18.6 Å². The van der Waals surface area contributed by atoms with E-state index in [9.17, 15) is 17.6 Å². The summed E-state index contributed by atoms with van der Waals surface area (Å²) in [5, 5.41) is 0. The van der Waals surface area contributed by atoms with Crippen LogP contribution in [0.4, 0.5) is 17.6 Å². The van der Waals surface area contributed by atoms with Gasteiger partial charge in [0.1, 0.15) is 11.6 Å². The van der Waals surface area contributed by atoms with E-state index in [-0.39, 0.29) is 11.3 Å². The van der Waals surface area contributed by atoms with E-state index in [1.54, 1.807) is 0 Å². The average molecular weight is 237 g/mol. The maximum atomic E-state index is 12.9. The molecule has 90 valence electrons. The van der Waals surface area contributed by atoms with Gasteiger partial charge in [-0.05, 0) is 18.2 Å². The predicted octanol–water partition coefficient (Wildman–Crippen LogP) is 2.79. The molecule has 1 aromatic carbocycles. The molecule has 0 aromatic heterocycles. The van der Waals surface area contributed by atoms with Gasteiger partial charge in [0.25, 0.3) is 0 Å². The molecule has 0 fully saturated rings. The molecule has 6 heteroatoms. The zero-order chi connectivity index (χ0) is 12.3. The second-order valence-corrected chi connectivity index (χ2v) is 3.31. The maximum absolute atomic E-state index is 12.9. The van der Waals surface area contributed by atoms with Gasteiger partial charge in [0.05, 0.1) is 13.5 Å². The number of halogens is 4. The SMILES string of the molecule is COc1ccc(F)cc1[C@@H](N)CC(F)(F)F. The fraction of sp³-hybridized carbons (Fsp3) is 0.400. The molecule has 0 heterocycles. The van der Waals surface area contributed by atoms with E-state index in [0.29, 0.717) is 0 Å². The standard InChI is InChI=1S/C10H11F4NO/c1-16-9-3-2-6(11)4-7(9)8(15)5-10(12,13)14/h2-4,8H,5,15H2,1H3/t8-/m0/s1. The van der Waals surface area contributed by atoms with Gasteiger partial charge in [-0.2, -0.15) is 13.2 Å². The summed E-state index contributed by atoms with van der Waals surface area (Å²) in [6.45, 7) is 0. The van der Waals surface area contributed by atoms with Crippen molar-refractivity contribution in [3.8, 4) is 5.75 Å². The van der Waals surface area contributed by atoms with Crippen molar-refractivity contribution in [2.75, 3.05) is 7.11 Å². The first kappa shape index (κ1) is 12.8. The summed E-state index contributed by atoms with van der Waals surface area (Å²) in [5.41, 5.74) is 5.37. The number of methoxy groups -OCH3 is 1. The van der Waals surface area contributed by atoms with Gasteiger partial charge in [0.2, 0.25) is 0 Å². The van der Waals surface area contributed by atoms with E-state index in [1.165, 1.54) is 13.2 Å². The van der Waals surface area contributed by atoms with Crippen molar-refractivity contribution >= 4 is 0 Å². The average Bonchev–Trinajstić information content (AvgIpc) is 2.15. The molecule has 0 aliphatic heterocycles. The molecule has 0 radical (unpaired) electrons. The molecule has 2 N–H and O–H groups in total. The van der Waals surface area contributed by atoms with Crippen LogP contribution >= 0.6 is 0 Å². The molecule has 16 heavy (non-hydrogen) atoms. The minimum absolute atomic E-state index is 0.0137. The molecule has 1 aromatic rings. The van der Waals surface area contributed by atoms with Gasteiger partial charge >= 0.3 is 6.18 Å². The third kappa shape index (κ3) is 3.37. The highest BCUT2D eigenvalue weighted by Gasteiger charge is 2.32. The van der Waals surface area contributed by atoms with Gasteiger partial charge in [-0.1, -0.05) is 0 Å². The molecule has 0 saturated carbocycles. The van der Waals surface area contributed by atoms with Crippen LogP contribution in [0.15, 0.2) is 18.2 Å². The van der Waals surface area contributed by atoms with E-state index in [4.69, 9.17) is 10.5 Å². The minimum atomic E-state index is -4.39. The summed E-state index contributed by atoms with van der Waals surface area (Å²) >= 11 is 0. The van der Waals surface area contributed by atoms with Crippen LogP contribution in [0.25, 0.3) is 0 Å². The number of hydrogen-bond acceptors (Lipinski definition) is 2. The Kier molecular flexibility index (Phi) is 3.74. The van der Waals surface area contributed by atoms with Crippen molar-refractivity contribution in [3.63, 3.8) is 0 Å². The Balaban J connectivity index is 2.97. The topological polar surface area (TPSA) is 35.2 Å². The van der Waals surface area contributed by atoms with E-state index in [0.717, 1.165) is 12.1 Å². The molecule has 0 spiro atoms. The second kappa shape index (κ2) is 4.69. The summed E-state index contributed by atoms with van der Waals surface area (Å²) in [4.78, 5) is 0. The van der Waals surface area contributed by atoms with Crippen molar-refractivity contribution < 1.29 is 22.3 Å². The van der Waals surface area contributed by atoms with Crippen molar-refractivity contribution in [3.05, 3.63) is 29.6 Å². The first-order valence-corrected chi connectivity index (χ1v) is 4.49. The Morgan fingerprint density at radius 3 is 2.50 bits per heavy atom. The molecule has 0 bridgehead atoms. The van der Waals surface area contributed by atoms with Gasteiger partial charge in [-0.15, -0.1) is 0 Å². The number of ether oxygens (including phenoxy) is 1. The predicted molar refractivity (Wildman–Crippen MR) is 50.6 cm³/mol. The van der Waals surface area contributed by atoms with Gasteiger partial charge in [-0.3, -0.25) is 0 Å². The lowest BCUT2D eigenvalue weighted by Gasteiger charge is -2.17. The molecule has 1 rings (SSSR count). The van der Waals surface area contributed by atoms with E-state index >= 15 is 0 Å². The number of benzene rings is 1. The summed E-state index contributed by atoms with van der Waals surface area (Å²) in [7, 11) is 1.29. The lowest BCUT2D eigenvalue weighted by Crippen LogP contribution is -2.20. The molecule has 0 amide bonds. The highest BCUT2D eigenvalue weighted by molar-refractivity contribution is 5.36. The molecule has 0 aliphatic carbocycles. The smallest absolute Gasteiger partial charge is 0.390 e. The zero-order valence-corrected chi connectivity index (χ0v) is 8.51. The number of alkyl halides is 3. The molecule has 0 unspecified atom stereocenters. The second-order valence-electron chi connectivity index (χ2n) is 3.31. The van der Waals surface area contributed by atoms with Gasteiger partial charge in [-0.25, -0.2) is 4.39 Å². The van der Waals surface area contributed by atoms with Gasteiger partial charge in [0, 0.05) is 11.6 Å². The Bertz CT molecular complexity index is 364. The van der Waals surface area contributed by atoms with Crippen LogP contribution < -0.4 is 10.5 Å². The minimum Gasteiger partial charge on any atom is -0.496 e. The van der Waals surface area contributed by atoms with Gasteiger partial charge < -0.3 is 10.5 Å². The summed E-state index contributed by atoms with van der Waals surface area (Å²) in [5.74, 6) is -0.494. The highest BCUT2D eigenvalue weighted by Crippen LogP contribution is 2.32. The number of nitrogens with two attached hydrogens (primary N) is 1. The lowest BCUT2D eigenvalue weighted by molar-refractivity contribution is -0.138. The molecular weight excluding hydrogens is 226 g/mol. The third-order valence-corrected chi connectivity index (χ3v) is 2.04. The molecule has 0 aliphatic rings. The Hall–Kier alpha value is -1.30. The molecule has 1 atom stereocenters. The molecule has 2 nitrogen and oxygen atoms in total. The van der Waals surface area contributed by atoms with E-state index < -0.39 is 24.5 Å². The van der Waals surface area contributed by atoms with Crippen LogP contribution in [0.1, 0.15) is 18.0 Å². The van der Waals surface area contributed by atoms with Crippen molar-refractivity contribution in [1.82, 2.24) is 0 Å². The Morgan fingerprint density at radius 2 is 2.00 bits per heavy atom. The number of rotatable bonds is 3. The zero-order valence-electron chi connectivity index (χ0n) is 8.51. The maximum Gasteiger partial charge on any atom is 0.390 e. The highest BCUT2D eigenvalue weighted by atomic mass is 19.4. The van der Waals surface area contributed by atoms with Crippen molar-refractivity contribution in [2.24, 2.45) is 5.73 Å². The lowest BCUT2D eigenvalue weighted by atomic mass is 10.0. The Morgan fingerprint density at radius 1 is 1.38 bits per heavy atom. The molecule has 0 saturated heterocycles. The van der Waals surface area contributed by atoms with Crippen LogP contribution in [0, 0.1) is 5.82 Å². The van der Waals surface area contributed by atoms with Crippen LogP contribution in [0.5, 0.6) is 5.75 Å².